The molecule has 0 saturated heterocycles. The summed E-state index contributed by atoms with van der Waals surface area (Å²) in [4.78, 5) is 23.6. The Hall–Kier alpha value is -2.44. The van der Waals surface area contributed by atoms with E-state index in [1.54, 1.807) is 0 Å². The van der Waals surface area contributed by atoms with Gasteiger partial charge in [-0.05, 0) is 37.0 Å². The number of hydrogen-bond acceptors (Lipinski definition) is 4. The van der Waals surface area contributed by atoms with Crippen molar-refractivity contribution >= 4 is 11.9 Å². The Kier molecular flexibility index (Phi) is 5.40. The SMILES string of the molecule is O=C(CCc1ccc2c(c1)OCO2)NNC(=O)NC1CCCCC1. The van der Waals surface area contributed by atoms with E-state index in [2.05, 4.69) is 16.2 Å². The number of hydrazine groups is 1. The van der Waals surface area contributed by atoms with Crippen molar-refractivity contribution in [1.29, 1.82) is 0 Å². The monoisotopic (exact) mass is 333 g/mol. The molecule has 7 heteroatoms. The van der Waals surface area contributed by atoms with Crippen LogP contribution in [0.5, 0.6) is 11.5 Å². The van der Waals surface area contributed by atoms with Crippen LogP contribution in [0.4, 0.5) is 4.79 Å². The third-order valence-corrected chi connectivity index (χ3v) is 4.33. The smallest absolute Gasteiger partial charge is 0.333 e. The number of urea groups is 1. The summed E-state index contributed by atoms with van der Waals surface area (Å²) in [6.07, 6.45) is 6.38. The summed E-state index contributed by atoms with van der Waals surface area (Å²) in [6.45, 7) is 0.235. The molecule has 1 aliphatic carbocycles. The summed E-state index contributed by atoms with van der Waals surface area (Å²) in [7, 11) is 0. The number of nitrogens with one attached hydrogen (secondary N) is 3. The molecule has 0 bridgehead atoms. The van der Waals surface area contributed by atoms with Gasteiger partial charge in [-0.2, -0.15) is 0 Å². The normalized spacial score (nSPS) is 16.5. The van der Waals surface area contributed by atoms with Gasteiger partial charge in [-0.25, -0.2) is 10.2 Å². The molecular weight excluding hydrogens is 310 g/mol. The quantitative estimate of drug-likeness (QED) is 0.736. The minimum absolute atomic E-state index is 0.212. The molecule has 0 atom stereocenters. The topological polar surface area (TPSA) is 88.7 Å². The number of carbonyl (C=O) groups excluding carboxylic acids is 2. The summed E-state index contributed by atoms with van der Waals surface area (Å²) >= 11 is 0. The Morgan fingerprint density at radius 2 is 1.83 bits per heavy atom. The van der Waals surface area contributed by atoms with E-state index in [4.69, 9.17) is 9.47 Å². The zero-order valence-electron chi connectivity index (χ0n) is 13.6. The minimum atomic E-state index is -0.349. The van der Waals surface area contributed by atoms with Crippen molar-refractivity contribution < 1.29 is 19.1 Å². The molecule has 3 rings (SSSR count). The molecule has 0 spiro atoms. The van der Waals surface area contributed by atoms with Crippen molar-refractivity contribution in [3.8, 4) is 11.5 Å². The van der Waals surface area contributed by atoms with Gasteiger partial charge in [0, 0.05) is 12.5 Å². The fourth-order valence-corrected chi connectivity index (χ4v) is 3.01. The highest BCUT2D eigenvalue weighted by molar-refractivity contribution is 5.81. The molecule has 1 aromatic carbocycles. The molecule has 1 saturated carbocycles. The lowest BCUT2D eigenvalue weighted by Crippen LogP contribution is -2.50. The number of rotatable bonds is 4. The van der Waals surface area contributed by atoms with Gasteiger partial charge < -0.3 is 14.8 Å². The molecular formula is C17H23N3O4. The first-order valence-electron chi connectivity index (χ1n) is 8.44. The summed E-state index contributed by atoms with van der Waals surface area (Å²) in [5, 5.41) is 2.88. The number of carbonyl (C=O) groups is 2. The molecule has 0 unspecified atom stereocenters. The predicted molar refractivity (Wildman–Crippen MR) is 87.6 cm³/mol. The van der Waals surface area contributed by atoms with Gasteiger partial charge in [-0.3, -0.25) is 10.2 Å². The van der Waals surface area contributed by atoms with E-state index in [1.165, 1.54) is 6.42 Å². The molecule has 24 heavy (non-hydrogen) atoms. The van der Waals surface area contributed by atoms with Crippen molar-refractivity contribution in [2.45, 2.75) is 51.0 Å². The maximum Gasteiger partial charge on any atom is 0.333 e. The molecule has 2 aliphatic rings. The van der Waals surface area contributed by atoms with E-state index in [1.807, 2.05) is 18.2 Å². The van der Waals surface area contributed by atoms with Gasteiger partial charge in [0.25, 0.3) is 0 Å². The Labute approximate surface area is 141 Å². The van der Waals surface area contributed by atoms with Gasteiger partial charge in [0.1, 0.15) is 0 Å². The van der Waals surface area contributed by atoms with E-state index in [-0.39, 0.29) is 31.2 Å². The van der Waals surface area contributed by atoms with Crippen molar-refractivity contribution in [3.05, 3.63) is 23.8 Å². The van der Waals surface area contributed by atoms with Gasteiger partial charge in [0.2, 0.25) is 12.7 Å². The second kappa shape index (κ2) is 7.90. The van der Waals surface area contributed by atoms with E-state index >= 15 is 0 Å². The number of fused-ring (bicyclic) bond motifs is 1. The molecule has 1 heterocycles. The first kappa shape index (κ1) is 16.4. The van der Waals surface area contributed by atoms with Crippen LogP contribution < -0.4 is 25.6 Å². The number of ether oxygens (including phenoxy) is 2. The Morgan fingerprint density at radius 3 is 2.67 bits per heavy atom. The highest BCUT2D eigenvalue weighted by Gasteiger charge is 2.16. The molecule has 1 fully saturated rings. The van der Waals surface area contributed by atoms with Crippen LogP contribution in [0.25, 0.3) is 0 Å². The highest BCUT2D eigenvalue weighted by Crippen LogP contribution is 2.32. The average molecular weight is 333 g/mol. The van der Waals surface area contributed by atoms with E-state index < -0.39 is 0 Å². The van der Waals surface area contributed by atoms with Crippen molar-refractivity contribution in [1.82, 2.24) is 16.2 Å². The molecule has 0 aromatic heterocycles. The molecule has 3 N–H and O–H groups in total. The van der Waals surface area contributed by atoms with Gasteiger partial charge in [0.15, 0.2) is 11.5 Å². The van der Waals surface area contributed by atoms with Crippen LogP contribution in [0.15, 0.2) is 18.2 Å². The molecule has 0 radical (unpaired) electrons. The van der Waals surface area contributed by atoms with Crippen LogP contribution in [0.2, 0.25) is 0 Å². The first-order chi connectivity index (χ1) is 11.7. The zero-order chi connectivity index (χ0) is 16.8. The lowest BCUT2D eigenvalue weighted by atomic mass is 9.96. The van der Waals surface area contributed by atoms with E-state index in [0.717, 1.165) is 37.0 Å². The average Bonchev–Trinajstić information content (AvgIpc) is 3.07. The number of aryl methyl sites for hydroxylation is 1. The Balaban J connectivity index is 1.35. The standard InChI is InChI=1S/C17H23N3O4/c21-16(19-20-17(22)18-13-4-2-1-3-5-13)9-7-12-6-8-14-15(10-12)24-11-23-14/h6,8,10,13H,1-5,7,9,11H2,(H,19,21)(H2,18,20,22). The van der Waals surface area contributed by atoms with Crippen LogP contribution in [-0.4, -0.2) is 24.8 Å². The van der Waals surface area contributed by atoms with Crippen LogP contribution in [0, 0.1) is 0 Å². The van der Waals surface area contributed by atoms with Crippen LogP contribution in [0.3, 0.4) is 0 Å². The summed E-state index contributed by atoms with van der Waals surface area (Å²) in [5.41, 5.74) is 5.84. The minimum Gasteiger partial charge on any atom is -0.454 e. The lowest BCUT2D eigenvalue weighted by Gasteiger charge is -2.22. The van der Waals surface area contributed by atoms with E-state index in [9.17, 15) is 9.59 Å². The van der Waals surface area contributed by atoms with Crippen molar-refractivity contribution in [3.63, 3.8) is 0 Å². The van der Waals surface area contributed by atoms with Gasteiger partial charge in [-0.1, -0.05) is 25.3 Å². The Bertz CT molecular complexity index is 599. The van der Waals surface area contributed by atoms with Crippen LogP contribution >= 0.6 is 0 Å². The van der Waals surface area contributed by atoms with Crippen molar-refractivity contribution in [2.75, 3.05) is 6.79 Å². The second-order valence-corrected chi connectivity index (χ2v) is 6.17. The molecule has 130 valence electrons. The van der Waals surface area contributed by atoms with E-state index in [0.29, 0.717) is 12.2 Å². The summed E-state index contributed by atoms with van der Waals surface area (Å²) < 4.78 is 10.6. The molecule has 1 aromatic rings. The molecule has 3 amide bonds. The Morgan fingerprint density at radius 1 is 1.04 bits per heavy atom. The number of amides is 3. The van der Waals surface area contributed by atoms with Crippen molar-refractivity contribution in [2.24, 2.45) is 0 Å². The fraction of sp³-hybridized carbons (Fsp3) is 0.529. The first-order valence-corrected chi connectivity index (χ1v) is 8.44. The number of hydrogen-bond donors (Lipinski definition) is 3. The zero-order valence-corrected chi connectivity index (χ0v) is 13.6. The summed E-state index contributed by atoms with van der Waals surface area (Å²) in [6, 6.07) is 5.48. The molecule has 1 aliphatic heterocycles. The largest absolute Gasteiger partial charge is 0.454 e. The third-order valence-electron chi connectivity index (χ3n) is 4.33. The third kappa shape index (κ3) is 4.53. The second-order valence-electron chi connectivity index (χ2n) is 6.17. The van der Waals surface area contributed by atoms with Gasteiger partial charge >= 0.3 is 6.03 Å². The fourth-order valence-electron chi connectivity index (χ4n) is 3.01. The van der Waals surface area contributed by atoms with Gasteiger partial charge in [0.05, 0.1) is 0 Å². The lowest BCUT2D eigenvalue weighted by molar-refractivity contribution is -0.121. The number of benzene rings is 1. The van der Waals surface area contributed by atoms with Crippen LogP contribution in [-0.2, 0) is 11.2 Å². The predicted octanol–water partition coefficient (Wildman–Crippen LogP) is 2.01. The van der Waals surface area contributed by atoms with Gasteiger partial charge in [-0.15, -0.1) is 0 Å². The highest BCUT2D eigenvalue weighted by atomic mass is 16.7. The van der Waals surface area contributed by atoms with Crippen LogP contribution in [0.1, 0.15) is 44.1 Å². The summed E-state index contributed by atoms with van der Waals surface area (Å²) in [5.74, 6) is 1.20. The maximum atomic E-state index is 11.8. The molecule has 7 nitrogen and oxygen atoms in total. The maximum absolute atomic E-state index is 11.8.